The average Bonchev–Trinajstić information content (AvgIpc) is 3.00. The van der Waals surface area contributed by atoms with Crippen molar-refractivity contribution in [3.05, 3.63) is 18.2 Å². The van der Waals surface area contributed by atoms with Crippen molar-refractivity contribution in [2.45, 2.75) is 31.2 Å². The lowest BCUT2D eigenvalue weighted by Crippen LogP contribution is -2.43. The first-order valence-corrected chi connectivity index (χ1v) is 9.93. The average molecular weight is 336 g/mol. The van der Waals surface area contributed by atoms with Gasteiger partial charge >= 0.3 is 0 Å². The highest BCUT2D eigenvalue weighted by atomic mass is 32.2. The van der Waals surface area contributed by atoms with E-state index in [1.165, 1.54) is 0 Å². The third-order valence-electron chi connectivity index (χ3n) is 4.31. The van der Waals surface area contributed by atoms with Crippen molar-refractivity contribution in [1.82, 2.24) is 15.5 Å². The summed E-state index contributed by atoms with van der Waals surface area (Å²) in [5.74, 6) is 0.177. The summed E-state index contributed by atoms with van der Waals surface area (Å²) in [4.78, 5) is 2.27. The molecule has 1 aromatic carbocycles. The van der Waals surface area contributed by atoms with Crippen LogP contribution in [0.15, 0.2) is 23.2 Å². The van der Waals surface area contributed by atoms with Crippen LogP contribution in [0.1, 0.15) is 26.2 Å². The molecule has 1 aliphatic rings. The van der Waals surface area contributed by atoms with Gasteiger partial charge in [-0.25, -0.2) is 8.42 Å². The molecular weight excluding hydrogens is 312 g/mol. The molecule has 0 amide bonds. The minimum Gasteiger partial charge on any atom is -0.369 e. The van der Waals surface area contributed by atoms with Crippen LogP contribution in [0.4, 0.5) is 5.69 Å². The van der Waals surface area contributed by atoms with Gasteiger partial charge in [0, 0.05) is 37.3 Å². The fraction of sp³-hybridized carbons (Fsp3) is 0.562. The van der Waals surface area contributed by atoms with Gasteiger partial charge in [-0.3, -0.25) is 5.10 Å². The number of aromatic nitrogens is 2. The summed E-state index contributed by atoms with van der Waals surface area (Å²) < 4.78 is 25.1. The molecule has 1 saturated heterocycles. The van der Waals surface area contributed by atoms with E-state index >= 15 is 0 Å². The summed E-state index contributed by atoms with van der Waals surface area (Å²) in [5.41, 5.74) is 1.77. The van der Waals surface area contributed by atoms with Gasteiger partial charge in [-0.2, -0.15) is 5.10 Å². The van der Waals surface area contributed by atoms with Gasteiger partial charge in [-0.05, 0) is 24.6 Å². The first kappa shape index (κ1) is 16.3. The van der Waals surface area contributed by atoms with E-state index in [1.54, 1.807) is 0 Å². The zero-order valence-electron chi connectivity index (χ0n) is 13.5. The van der Waals surface area contributed by atoms with Crippen molar-refractivity contribution >= 4 is 26.4 Å². The Morgan fingerprint density at radius 1 is 1.22 bits per heavy atom. The van der Waals surface area contributed by atoms with Crippen LogP contribution in [0, 0.1) is 0 Å². The van der Waals surface area contributed by atoms with E-state index in [2.05, 4.69) is 27.3 Å². The molecular formula is C16H24N4O2S. The second kappa shape index (κ2) is 6.88. The predicted molar refractivity (Wildman–Crippen MR) is 92.8 cm³/mol. The first-order chi connectivity index (χ1) is 11.1. The molecule has 0 spiro atoms. The number of rotatable bonds is 6. The second-order valence-corrected chi connectivity index (χ2v) is 8.06. The summed E-state index contributed by atoms with van der Waals surface area (Å²) in [7, 11) is -3.31. The number of nitrogens with zero attached hydrogens (tertiary/aromatic N) is 2. The number of hydrogen-bond acceptors (Lipinski definition) is 5. The van der Waals surface area contributed by atoms with Crippen molar-refractivity contribution < 1.29 is 8.42 Å². The monoisotopic (exact) mass is 336 g/mol. The van der Waals surface area contributed by atoms with Crippen LogP contribution >= 0.6 is 0 Å². The molecule has 0 atom stereocenters. The molecule has 1 aromatic heterocycles. The molecule has 0 radical (unpaired) electrons. The molecule has 0 unspecified atom stereocenters. The van der Waals surface area contributed by atoms with Crippen LogP contribution in [0.5, 0.6) is 0 Å². The number of fused-ring (bicyclic) bond motifs is 1. The smallest absolute Gasteiger partial charge is 0.195 e. The minimum absolute atomic E-state index is 0.177. The molecule has 23 heavy (non-hydrogen) atoms. The van der Waals surface area contributed by atoms with E-state index in [1.807, 2.05) is 18.2 Å². The lowest BCUT2D eigenvalue weighted by atomic mass is 10.2. The molecule has 126 valence electrons. The van der Waals surface area contributed by atoms with Crippen LogP contribution in [0.3, 0.4) is 0 Å². The van der Waals surface area contributed by atoms with Gasteiger partial charge in [0.25, 0.3) is 0 Å². The van der Waals surface area contributed by atoms with Crippen molar-refractivity contribution in [3.63, 3.8) is 0 Å². The minimum atomic E-state index is -3.31. The van der Waals surface area contributed by atoms with Crippen LogP contribution in [0.25, 0.3) is 10.9 Å². The number of anilines is 1. The molecule has 3 rings (SSSR count). The van der Waals surface area contributed by atoms with Gasteiger partial charge in [0.15, 0.2) is 14.9 Å². The number of unbranched alkanes of at least 4 members (excludes halogenated alkanes) is 2. The van der Waals surface area contributed by atoms with E-state index in [0.29, 0.717) is 17.3 Å². The van der Waals surface area contributed by atoms with Crippen molar-refractivity contribution in [1.29, 1.82) is 0 Å². The summed E-state index contributed by atoms with van der Waals surface area (Å²) in [6.07, 6.45) is 2.63. The Morgan fingerprint density at radius 2 is 2.00 bits per heavy atom. The van der Waals surface area contributed by atoms with Crippen LogP contribution in [0.2, 0.25) is 0 Å². The molecule has 1 fully saturated rings. The topological polar surface area (TPSA) is 78.1 Å². The van der Waals surface area contributed by atoms with E-state index < -0.39 is 9.84 Å². The standard InChI is InChI=1S/C16H24N4O2S/c1-2-3-4-11-23(21,22)16-14-12-13(5-6-15(14)18-19-16)20-9-7-17-8-10-20/h5-6,12,17H,2-4,7-11H2,1H3,(H,18,19). The number of hydrogen-bond donors (Lipinski definition) is 2. The molecule has 0 saturated carbocycles. The number of nitrogens with one attached hydrogen (secondary N) is 2. The molecule has 2 N–H and O–H groups in total. The highest BCUT2D eigenvalue weighted by Gasteiger charge is 2.21. The Morgan fingerprint density at radius 3 is 2.74 bits per heavy atom. The summed E-state index contributed by atoms with van der Waals surface area (Å²) in [5, 5.41) is 11.2. The van der Waals surface area contributed by atoms with Gasteiger partial charge in [0.1, 0.15) is 0 Å². The lowest BCUT2D eigenvalue weighted by Gasteiger charge is -2.29. The fourth-order valence-electron chi connectivity index (χ4n) is 2.98. The van der Waals surface area contributed by atoms with Crippen LogP contribution in [-0.4, -0.2) is 50.5 Å². The number of aromatic amines is 1. The number of benzene rings is 1. The van der Waals surface area contributed by atoms with E-state index in [-0.39, 0.29) is 10.8 Å². The Hall–Kier alpha value is -1.60. The van der Waals surface area contributed by atoms with E-state index in [0.717, 1.165) is 44.7 Å². The fourth-order valence-corrected chi connectivity index (χ4v) is 4.45. The Bertz CT molecular complexity index is 763. The lowest BCUT2D eigenvalue weighted by molar-refractivity contribution is 0.587. The number of H-pyrrole nitrogens is 1. The highest BCUT2D eigenvalue weighted by molar-refractivity contribution is 7.91. The Labute approximate surface area is 137 Å². The maximum Gasteiger partial charge on any atom is 0.195 e. The first-order valence-electron chi connectivity index (χ1n) is 8.28. The highest BCUT2D eigenvalue weighted by Crippen LogP contribution is 2.27. The molecule has 7 heteroatoms. The Kier molecular flexibility index (Phi) is 4.87. The van der Waals surface area contributed by atoms with Gasteiger partial charge in [-0.15, -0.1) is 0 Å². The van der Waals surface area contributed by atoms with Crippen LogP contribution in [-0.2, 0) is 9.84 Å². The third kappa shape index (κ3) is 3.50. The maximum atomic E-state index is 12.6. The maximum absolute atomic E-state index is 12.6. The van der Waals surface area contributed by atoms with Gasteiger partial charge in [0.05, 0.1) is 11.3 Å². The largest absolute Gasteiger partial charge is 0.369 e. The van der Waals surface area contributed by atoms with Gasteiger partial charge in [-0.1, -0.05) is 19.8 Å². The molecule has 1 aliphatic heterocycles. The summed E-state index contributed by atoms with van der Waals surface area (Å²) >= 11 is 0. The zero-order chi connectivity index (χ0) is 16.3. The number of sulfone groups is 1. The van der Waals surface area contributed by atoms with Crippen molar-refractivity contribution in [2.75, 3.05) is 36.8 Å². The second-order valence-electron chi connectivity index (χ2n) is 6.02. The van der Waals surface area contributed by atoms with Crippen molar-refractivity contribution in [3.8, 4) is 0 Å². The molecule has 0 bridgehead atoms. The SMILES string of the molecule is CCCCCS(=O)(=O)c1[nH]nc2ccc(N3CCNCC3)cc12. The van der Waals surface area contributed by atoms with E-state index in [9.17, 15) is 8.42 Å². The van der Waals surface area contributed by atoms with Crippen molar-refractivity contribution in [2.24, 2.45) is 0 Å². The summed E-state index contributed by atoms with van der Waals surface area (Å²) in [6.45, 7) is 5.83. The normalized spacial score (nSPS) is 16.1. The van der Waals surface area contributed by atoms with Gasteiger partial charge < -0.3 is 10.2 Å². The predicted octanol–water partition coefficient (Wildman–Crippen LogP) is 1.94. The van der Waals surface area contributed by atoms with E-state index in [4.69, 9.17) is 0 Å². The molecule has 0 aliphatic carbocycles. The third-order valence-corrected chi connectivity index (χ3v) is 6.07. The van der Waals surface area contributed by atoms with Gasteiger partial charge in [0.2, 0.25) is 0 Å². The van der Waals surface area contributed by atoms with Crippen LogP contribution < -0.4 is 10.2 Å². The Balaban J connectivity index is 1.91. The summed E-state index contributed by atoms with van der Waals surface area (Å²) in [6, 6.07) is 5.87. The molecule has 2 aromatic rings. The quantitative estimate of drug-likeness (QED) is 0.788. The molecule has 6 nitrogen and oxygen atoms in total. The molecule has 2 heterocycles. The zero-order valence-corrected chi connectivity index (χ0v) is 14.3. The number of piperazine rings is 1.